The van der Waals surface area contributed by atoms with Crippen LogP contribution in [0.25, 0.3) is 0 Å². The molecule has 0 aliphatic rings. The summed E-state index contributed by atoms with van der Waals surface area (Å²) in [6.07, 6.45) is 0. The van der Waals surface area contributed by atoms with E-state index in [0.29, 0.717) is 13.1 Å². The summed E-state index contributed by atoms with van der Waals surface area (Å²) >= 11 is 0. The molecule has 0 aromatic heterocycles. The SMILES string of the molecule is CC(N)C(=O)N(CCN(C)C)Cc1ccc(F)cc1F. The molecule has 0 saturated carbocycles. The van der Waals surface area contributed by atoms with Crippen LogP contribution < -0.4 is 5.73 Å². The predicted octanol–water partition coefficient (Wildman–Crippen LogP) is 1.20. The van der Waals surface area contributed by atoms with Crippen molar-refractivity contribution in [3.8, 4) is 0 Å². The fourth-order valence-electron chi connectivity index (χ4n) is 1.73. The summed E-state index contributed by atoms with van der Waals surface area (Å²) in [6.45, 7) is 2.75. The Kier molecular flexibility index (Phi) is 6.04. The van der Waals surface area contributed by atoms with Crippen LogP contribution in [0.1, 0.15) is 12.5 Å². The van der Waals surface area contributed by atoms with Crippen molar-refractivity contribution in [2.24, 2.45) is 5.73 Å². The quantitative estimate of drug-likeness (QED) is 0.854. The number of benzene rings is 1. The third-order valence-corrected chi connectivity index (χ3v) is 2.89. The van der Waals surface area contributed by atoms with E-state index in [1.165, 1.54) is 17.0 Å². The summed E-state index contributed by atoms with van der Waals surface area (Å²) in [5.74, 6) is -1.54. The Bertz CT molecular complexity index is 464. The molecule has 4 nitrogen and oxygen atoms in total. The maximum absolute atomic E-state index is 13.7. The highest BCUT2D eigenvalue weighted by Crippen LogP contribution is 2.13. The molecule has 112 valence electrons. The number of likely N-dealkylation sites (N-methyl/N-ethyl adjacent to an activating group) is 1. The molecular weight excluding hydrogens is 264 g/mol. The van der Waals surface area contributed by atoms with Gasteiger partial charge in [-0.25, -0.2) is 8.78 Å². The lowest BCUT2D eigenvalue weighted by Gasteiger charge is -2.26. The Labute approximate surface area is 118 Å². The van der Waals surface area contributed by atoms with Crippen molar-refractivity contribution in [2.75, 3.05) is 27.2 Å². The Hall–Kier alpha value is -1.53. The molecule has 6 heteroatoms. The van der Waals surface area contributed by atoms with Gasteiger partial charge in [0.2, 0.25) is 5.91 Å². The molecule has 1 aromatic carbocycles. The van der Waals surface area contributed by atoms with Gasteiger partial charge in [-0.2, -0.15) is 0 Å². The summed E-state index contributed by atoms with van der Waals surface area (Å²) in [5, 5.41) is 0. The molecule has 0 aliphatic heterocycles. The molecule has 20 heavy (non-hydrogen) atoms. The molecule has 1 amide bonds. The molecule has 0 aliphatic carbocycles. The van der Waals surface area contributed by atoms with Gasteiger partial charge < -0.3 is 15.5 Å². The van der Waals surface area contributed by atoms with E-state index in [2.05, 4.69) is 0 Å². The van der Waals surface area contributed by atoms with Gasteiger partial charge in [-0.15, -0.1) is 0 Å². The smallest absolute Gasteiger partial charge is 0.239 e. The van der Waals surface area contributed by atoms with Crippen molar-refractivity contribution >= 4 is 5.91 Å². The zero-order chi connectivity index (χ0) is 15.3. The van der Waals surface area contributed by atoms with Gasteiger partial charge in [0.1, 0.15) is 11.6 Å². The highest BCUT2D eigenvalue weighted by atomic mass is 19.1. The highest BCUT2D eigenvalue weighted by Gasteiger charge is 2.19. The standard InChI is InChI=1S/C14H21F2N3O/c1-10(17)14(20)19(7-6-18(2)3)9-11-4-5-12(15)8-13(11)16/h4-5,8,10H,6-7,9,17H2,1-3H3. The van der Waals surface area contributed by atoms with Crippen LogP contribution in [0.3, 0.4) is 0 Å². The zero-order valence-electron chi connectivity index (χ0n) is 12.1. The molecule has 0 heterocycles. The van der Waals surface area contributed by atoms with Gasteiger partial charge in [0.15, 0.2) is 0 Å². The highest BCUT2D eigenvalue weighted by molar-refractivity contribution is 5.81. The Morgan fingerprint density at radius 1 is 1.30 bits per heavy atom. The van der Waals surface area contributed by atoms with E-state index < -0.39 is 17.7 Å². The average molecular weight is 285 g/mol. The second kappa shape index (κ2) is 7.31. The molecule has 1 aromatic rings. The lowest BCUT2D eigenvalue weighted by atomic mass is 10.1. The largest absolute Gasteiger partial charge is 0.336 e. The molecule has 0 spiro atoms. The molecule has 0 radical (unpaired) electrons. The van der Waals surface area contributed by atoms with Crippen molar-refractivity contribution in [1.29, 1.82) is 0 Å². The predicted molar refractivity (Wildman–Crippen MR) is 74.0 cm³/mol. The van der Waals surface area contributed by atoms with Gasteiger partial charge in [0, 0.05) is 31.3 Å². The van der Waals surface area contributed by atoms with E-state index in [4.69, 9.17) is 5.73 Å². The van der Waals surface area contributed by atoms with Crippen LogP contribution >= 0.6 is 0 Å². The first-order chi connectivity index (χ1) is 9.31. The molecule has 0 bridgehead atoms. The number of carbonyl (C=O) groups excluding carboxylic acids is 1. The topological polar surface area (TPSA) is 49.6 Å². The summed E-state index contributed by atoms with van der Waals surface area (Å²) < 4.78 is 26.5. The van der Waals surface area contributed by atoms with Crippen LogP contribution in [0.5, 0.6) is 0 Å². The number of nitrogens with zero attached hydrogens (tertiary/aromatic N) is 2. The second-order valence-electron chi connectivity index (χ2n) is 5.09. The monoisotopic (exact) mass is 285 g/mol. The van der Waals surface area contributed by atoms with Gasteiger partial charge >= 0.3 is 0 Å². The number of hydrogen-bond donors (Lipinski definition) is 1. The molecular formula is C14H21F2N3O. The number of rotatable bonds is 6. The van der Waals surface area contributed by atoms with Crippen LogP contribution in [0.2, 0.25) is 0 Å². The van der Waals surface area contributed by atoms with Gasteiger partial charge in [-0.05, 0) is 27.1 Å². The van der Waals surface area contributed by atoms with Crippen molar-refractivity contribution in [3.63, 3.8) is 0 Å². The van der Waals surface area contributed by atoms with Crippen LogP contribution in [0, 0.1) is 11.6 Å². The van der Waals surface area contributed by atoms with Crippen molar-refractivity contribution in [2.45, 2.75) is 19.5 Å². The molecule has 0 saturated heterocycles. The van der Waals surface area contributed by atoms with Crippen LogP contribution in [-0.2, 0) is 11.3 Å². The minimum atomic E-state index is -0.655. The van der Waals surface area contributed by atoms with Crippen LogP contribution in [0.4, 0.5) is 8.78 Å². The molecule has 0 fully saturated rings. The van der Waals surface area contributed by atoms with Crippen molar-refractivity contribution in [1.82, 2.24) is 9.80 Å². The Morgan fingerprint density at radius 2 is 1.95 bits per heavy atom. The third kappa shape index (κ3) is 4.86. The van der Waals surface area contributed by atoms with Crippen molar-refractivity contribution < 1.29 is 13.6 Å². The van der Waals surface area contributed by atoms with E-state index in [-0.39, 0.29) is 18.0 Å². The molecule has 1 unspecified atom stereocenters. The van der Waals surface area contributed by atoms with E-state index in [0.717, 1.165) is 6.07 Å². The van der Waals surface area contributed by atoms with Gasteiger partial charge in [0.05, 0.1) is 6.04 Å². The summed E-state index contributed by atoms with van der Waals surface area (Å²) in [6, 6.07) is 2.69. The van der Waals surface area contributed by atoms with Crippen LogP contribution in [0.15, 0.2) is 18.2 Å². The van der Waals surface area contributed by atoms with Gasteiger partial charge in [-0.3, -0.25) is 4.79 Å². The fraction of sp³-hybridized carbons (Fsp3) is 0.500. The lowest BCUT2D eigenvalue weighted by molar-refractivity contribution is -0.133. The first-order valence-corrected chi connectivity index (χ1v) is 6.44. The zero-order valence-corrected chi connectivity index (χ0v) is 12.1. The first kappa shape index (κ1) is 16.5. The lowest BCUT2D eigenvalue weighted by Crippen LogP contribution is -2.44. The molecule has 2 N–H and O–H groups in total. The second-order valence-corrected chi connectivity index (χ2v) is 5.09. The molecule has 1 rings (SSSR count). The third-order valence-electron chi connectivity index (χ3n) is 2.89. The Morgan fingerprint density at radius 3 is 2.45 bits per heavy atom. The fourth-order valence-corrected chi connectivity index (χ4v) is 1.73. The minimum Gasteiger partial charge on any atom is -0.336 e. The maximum Gasteiger partial charge on any atom is 0.239 e. The number of halogens is 2. The number of hydrogen-bond acceptors (Lipinski definition) is 3. The number of nitrogens with two attached hydrogens (primary N) is 1. The summed E-state index contributed by atoms with van der Waals surface area (Å²) in [4.78, 5) is 15.4. The van der Waals surface area contributed by atoms with E-state index >= 15 is 0 Å². The number of carbonyl (C=O) groups is 1. The van der Waals surface area contributed by atoms with E-state index in [9.17, 15) is 13.6 Å². The van der Waals surface area contributed by atoms with E-state index in [1.54, 1.807) is 6.92 Å². The minimum absolute atomic E-state index is 0.0837. The van der Waals surface area contributed by atoms with E-state index in [1.807, 2.05) is 19.0 Å². The summed E-state index contributed by atoms with van der Waals surface area (Å²) in [5.41, 5.74) is 5.88. The van der Waals surface area contributed by atoms with Crippen LogP contribution in [-0.4, -0.2) is 48.9 Å². The summed E-state index contributed by atoms with van der Waals surface area (Å²) in [7, 11) is 3.76. The first-order valence-electron chi connectivity index (χ1n) is 6.44. The molecule has 1 atom stereocenters. The van der Waals surface area contributed by atoms with Gasteiger partial charge in [0.25, 0.3) is 0 Å². The Balaban J connectivity index is 2.85. The maximum atomic E-state index is 13.7. The number of amides is 1. The normalized spacial score (nSPS) is 12.6. The average Bonchev–Trinajstić information content (AvgIpc) is 2.35. The van der Waals surface area contributed by atoms with Crippen molar-refractivity contribution in [3.05, 3.63) is 35.4 Å². The van der Waals surface area contributed by atoms with Gasteiger partial charge in [-0.1, -0.05) is 6.07 Å².